The van der Waals surface area contributed by atoms with E-state index in [1.807, 2.05) is 17.0 Å². The largest absolute Gasteiger partial charge is 0.336 e. The molecule has 1 aliphatic heterocycles. The second-order valence-electron chi connectivity index (χ2n) is 7.52. The van der Waals surface area contributed by atoms with Crippen LogP contribution in [0.2, 0.25) is 0 Å². The molecule has 4 heteroatoms. The second-order valence-corrected chi connectivity index (χ2v) is 7.52. The number of hydrogen-bond donors (Lipinski definition) is 0. The number of carbonyl (C=O) groups excluding carboxylic acids is 1. The highest BCUT2D eigenvalue weighted by atomic mass is 16.2. The number of pyridine rings is 1. The van der Waals surface area contributed by atoms with Crippen LogP contribution in [0.4, 0.5) is 0 Å². The predicted octanol–water partition coefficient (Wildman–Crippen LogP) is 4.41. The summed E-state index contributed by atoms with van der Waals surface area (Å²) in [5.74, 6) is 0.0761. The van der Waals surface area contributed by atoms with Gasteiger partial charge in [-0.15, -0.1) is 0 Å². The first-order chi connectivity index (χ1) is 14.3. The Hall–Kier alpha value is -2.98. The Morgan fingerprint density at radius 3 is 2.17 bits per heavy atom. The molecule has 0 spiro atoms. The van der Waals surface area contributed by atoms with Gasteiger partial charge in [-0.1, -0.05) is 67.6 Å². The van der Waals surface area contributed by atoms with Crippen molar-refractivity contribution in [2.75, 3.05) is 19.6 Å². The molecule has 2 heterocycles. The first-order valence-electron chi connectivity index (χ1n) is 10.3. The van der Waals surface area contributed by atoms with Crippen LogP contribution in [0.15, 0.2) is 85.2 Å². The fourth-order valence-electron chi connectivity index (χ4n) is 4.28. The average Bonchev–Trinajstić information content (AvgIpc) is 2.81. The van der Waals surface area contributed by atoms with E-state index in [-0.39, 0.29) is 11.9 Å². The molecule has 1 unspecified atom stereocenters. The summed E-state index contributed by atoms with van der Waals surface area (Å²) >= 11 is 0. The van der Waals surface area contributed by atoms with Gasteiger partial charge < -0.3 is 4.90 Å². The van der Waals surface area contributed by atoms with Crippen molar-refractivity contribution in [3.8, 4) is 0 Å². The zero-order chi connectivity index (χ0) is 20.1. The van der Waals surface area contributed by atoms with Gasteiger partial charge in [0.05, 0.1) is 11.6 Å². The fraction of sp³-hybridized carbons (Fsp3) is 0.280. The smallest absolute Gasteiger partial charge is 0.255 e. The lowest BCUT2D eigenvalue weighted by Gasteiger charge is -2.45. The van der Waals surface area contributed by atoms with Crippen LogP contribution in [0.1, 0.15) is 40.9 Å². The van der Waals surface area contributed by atoms with Crippen molar-refractivity contribution in [2.24, 2.45) is 0 Å². The number of benzene rings is 2. The number of amides is 1. The summed E-state index contributed by atoms with van der Waals surface area (Å²) in [4.78, 5) is 21.6. The number of carbonyl (C=O) groups is 1. The van der Waals surface area contributed by atoms with E-state index >= 15 is 0 Å². The summed E-state index contributed by atoms with van der Waals surface area (Å²) in [5, 5.41) is 0. The van der Waals surface area contributed by atoms with Gasteiger partial charge in [0.1, 0.15) is 0 Å². The van der Waals surface area contributed by atoms with Crippen LogP contribution >= 0.6 is 0 Å². The van der Waals surface area contributed by atoms with E-state index in [0.29, 0.717) is 11.6 Å². The van der Waals surface area contributed by atoms with Gasteiger partial charge in [-0.3, -0.25) is 14.7 Å². The molecule has 0 radical (unpaired) electrons. The Labute approximate surface area is 172 Å². The van der Waals surface area contributed by atoms with E-state index in [1.165, 1.54) is 11.1 Å². The van der Waals surface area contributed by atoms with Crippen LogP contribution in [-0.4, -0.2) is 46.4 Å². The Morgan fingerprint density at radius 1 is 0.966 bits per heavy atom. The molecule has 2 aromatic carbocycles. The number of hydrogen-bond acceptors (Lipinski definition) is 3. The molecule has 4 nitrogen and oxygen atoms in total. The average molecular weight is 386 g/mol. The topological polar surface area (TPSA) is 36.4 Å². The molecule has 0 N–H and O–H groups in total. The summed E-state index contributed by atoms with van der Waals surface area (Å²) in [5.41, 5.74) is 3.26. The van der Waals surface area contributed by atoms with Crippen LogP contribution in [0.3, 0.4) is 0 Å². The third-order valence-electron chi connectivity index (χ3n) is 5.76. The maximum absolute atomic E-state index is 12.9. The minimum Gasteiger partial charge on any atom is -0.336 e. The van der Waals surface area contributed by atoms with Gasteiger partial charge in [0.25, 0.3) is 5.91 Å². The summed E-state index contributed by atoms with van der Waals surface area (Å²) in [6.45, 7) is 4.52. The van der Waals surface area contributed by atoms with Gasteiger partial charge in [-0.25, -0.2) is 0 Å². The molecule has 1 atom stereocenters. The van der Waals surface area contributed by atoms with Crippen molar-refractivity contribution in [2.45, 2.75) is 25.4 Å². The molecule has 1 saturated heterocycles. The summed E-state index contributed by atoms with van der Waals surface area (Å²) < 4.78 is 0. The second kappa shape index (κ2) is 9.01. The molecular weight excluding hydrogens is 358 g/mol. The number of rotatable bonds is 5. The highest BCUT2D eigenvalue weighted by Gasteiger charge is 2.34. The third kappa shape index (κ3) is 4.22. The SMILES string of the molecule is CCC1CN(C(=O)c2cccnc2)CCN1C(c1ccccc1)c1ccccc1. The normalized spacial score (nSPS) is 17.4. The zero-order valence-electron chi connectivity index (χ0n) is 16.8. The van der Waals surface area contributed by atoms with Crippen molar-refractivity contribution in [1.82, 2.24) is 14.8 Å². The van der Waals surface area contributed by atoms with Crippen LogP contribution < -0.4 is 0 Å². The van der Waals surface area contributed by atoms with Crippen LogP contribution in [0.25, 0.3) is 0 Å². The lowest BCUT2D eigenvalue weighted by atomic mass is 9.93. The summed E-state index contributed by atoms with van der Waals surface area (Å²) in [6.07, 6.45) is 4.35. The lowest BCUT2D eigenvalue weighted by Crippen LogP contribution is -2.55. The Bertz CT molecular complexity index is 875. The van der Waals surface area contributed by atoms with Crippen LogP contribution in [-0.2, 0) is 0 Å². The molecule has 1 amide bonds. The van der Waals surface area contributed by atoms with Crippen molar-refractivity contribution < 1.29 is 4.79 Å². The Balaban J connectivity index is 1.61. The summed E-state index contributed by atoms with van der Waals surface area (Å²) in [6, 6.07) is 25.5. The molecule has 3 aromatic rings. The monoisotopic (exact) mass is 385 g/mol. The van der Waals surface area contributed by atoms with Gasteiger partial charge in [-0.2, -0.15) is 0 Å². The van der Waals surface area contributed by atoms with Crippen LogP contribution in [0.5, 0.6) is 0 Å². The van der Waals surface area contributed by atoms with E-state index in [1.54, 1.807) is 12.4 Å². The number of nitrogens with zero attached hydrogens (tertiary/aromatic N) is 3. The minimum absolute atomic E-state index is 0.0761. The Kier molecular flexibility index (Phi) is 6.01. The fourth-order valence-corrected chi connectivity index (χ4v) is 4.28. The third-order valence-corrected chi connectivity index (χ3v) is 5.76. The van der Waals surface area contributed by atoms with Gasteiger partial charge in [0, 0.05) is 38.1 Å². The first kappa shape index (κ1) is 19.3. The first-order valence-corrected chi connectivity index (χ1v) is 10.3. The van der Waals surface area contributed by atoms with E-state index in [9.17, 15) is 4.79 Å². The molecule has 148 valence electrons. The molecule has 0 bridgehead atoms. The van der Waals surface area contributed by atoms with Crippen molar-refractivity contribution >= 4 is 5.91 Å². The molecule has 1 aromatic heterocycles. The number of piperazine rings is 1. The maximum Gasteiger partial charge on any atom is 0.255 e. The van der Waals surface area contributed by atoms with E-state index in [4.69, 9.17) is 0 Å². The van der Waals surface area contributed by atoms with Crippen molar-refractivity contribution in [3.05, 3.63) is 102 Å². The van der Waals surface area contributed by atoms with Gasteiger partial charge in [-0.05, 0) is 29.7 Å². The Morgan fingerprint density at radius 2 is 1.62 bits per heavy atom. The molecule has 29 heavy (non-hydrogen) atoms. The van der Waals surface area contributed by atoms with Crippen LogP contribution in [0, 0.1) is 0 Å². The van der Waals surface area contributed by atoms with E-state index in [2.05, 4.69) is 77.5 Å². The van der Waals surface area contributed by atoms with E-state index in [0.717, 1.165) is 26.1 Å². The number of aromatic nitrogens is 1. The molecule has 0 aliphatic carbocycles. The molecule has 1 aliphatic rings. The molecular formula is C25H27N3O. The highest BCUT2D eigenvalue weighted by Crippen LogP contribution is 2.33. The lowest BCUT2D eigenvalue weighted by molar-refractivity contribution is 0.0374. The maximum atomic E-state index is 12.9. The molecule has 1 fully saturated rings. The van der Waals surface area contributed by atoms with Gasteiger partial charge in [0.15, 0.2) is 0 Å². The van der Waals surface area contributed by atoms with E-state index < -0.39 is 0 Å². The standard InChI is InChI=1S/C25H27N3O/c1-2-23-19-27(25(29)22-14-9-15-26-18-22)16-17-28(23)24(20-10-5-3-6-11-20)21-12-7-4-8-13-21/h3-15,18,23-24H,2,16-17,19H2,1H3. The summed E-state index contributed by atoms with van der Waals surface area (Å²) in [7, 11) is 0. The predicted molar refractivity (Wildman–Crippen MR) is 116 cm³/mol. The minimum atomic E-state index is 0.0761. The quantitative estimate of drug-likeness (QED) is 0.653. The van der Waals surface area contributed by atoms with Gasteiger partial charge >= 0.3 is 0 Å². The highest BCUT2D eigenvalue weighted by molar-refractivity contribution is 5.94. The van der Waals surface area contributed by atoms with Crippen molar-refractivity contribution in [1.29, 1.82) is 0 Å². The zero-order valence-corrected chi connectivity index (χ0v) is 16.8. The molecule has 4 rings (SSSR count). The van der Waals surface area contributed by atoms with Gasteiger partial charge in [0.2, 0.25) is 0 Å². The molecule has 0 saturated carbocycles. The van der Waals surface area contributed by atoms with Crippen molar-refractivity contribution in [3.63, 3.8) is 0 Å².